The van der Waals surface area contributed by atoms with Gasteiger partial charge in [-0.3, -0.25) is 4.79 Å². The van der Waals surface area contributed by atoms with Gasteiger partial charge in [0.1, 0.15) is 23.1 Å². The van der Waals surface area contributed by atoms with Crippen LogP contribution in [0.1, 0.15) is 68.9 Å². The average molecular weight is 454 g/mol. The minimum atomic E-state index is -0.394. The minimum absolute atomic E-state index is 0.173. The van der Waals surface area contributed by atoms with Crippen LogP contribution in [0.3, 0.4) is 0 Å². The highest BCUT2D eigenvalue weighted by Crippen LogP contribution is 2.39. The summed E-state index contributed by atoms with van der Waals surface area (Å²) in [5.74, 6) is 0.701. The van der Waals surface area contributed by atoms with E-state index in [1.165, 1.54) is 11.3 Å². The summed E-state index contributed by atoms with van der Waals surface area (Å²) in [7, 11) is 0. The van der Waals surface area contributed by atoms with Gasteiger partial charge in [0.05, 0.1) is 12.2 Å². The lowest BCUT2D eigenvalue weighted by atomic mass is 9.95. The molecule has 0 saturated heterocycles. The van der Waals surface area contributed by atoms with E-state index in [0.29, 0.717) is 22.9 Å². The van der Waals surface area contributed by atoms with Gasteiger partial charge in [-0.1, -0.05) is 19.1 Å². The molecule has 2 aromatic heterocycles. The van der Waals surface area contributed by atoms with Crippen molar-refractivity contribution in [2.24, 2.45) is 0 Å². The number of carbonyl (C=O) groups is 2. The van der Waals surface area contributed by atoms with Crippen molar-refractivity contribution in [2.75, 3.05) is 11.9 Å². The van der Waals surface area contributed by atoms with Gasteiger partial charge in [0.25, 0.3) is 5.91 Å². The molecule has 2 heterocycles. The monoisotopic (exact) mass is 453 g/mol. The zero-order valence-electron chi connectivity index (χ0n) is 18.4. The molecular formula is C25H27NO5S. The summed E-state index contributed by atoms with van der Waals surface area (Å²) < 4.78 is 16.8. The van der Waals surface area contributed by atoms with Gasteiger partial charge >= 0.3 is 5.97 Å². The number of rotatable bonds is 8. The van der Waals surface area contributed by atoms with Crippen molar-refractivity contribution in [3.63, 3.8) is 0 Å². The summed E-state index contributed by atoms with van der Waals surface area (Å²) in [6.45, 7) is 4.53. The topological polar surface area (TPSA) is 77.8 Å². The Kier molecular flexibility index (Phi) is 6.95. The average Bonchev–Trinajstić information content (AvgIpc) is 3.40. The Morgan fingerprint density at radius 1 is 1.16 bits per heavy atom. The first-order valence-corrected chi connectivity index (χ1v) is 11.8. The lowest BCUT2D eigenvalue weighted by Crippen LogP contribution is -2.15. The molecule has 7 heteroatoms. The maximum atomic E-state index is 12.9. The summed E-state index contributed by atoms with van der Waals surface area (Å²) in [5, 5.41) is 3.42. The molecule has 1 aromatic carbocycles. The molecule has 0 radical (unpaired) electrons. The maximum Gasteiger partial charge on any atom is 0.341 e. The van der Waals surface area contributed by atoms with E-state index in [-0.39, 0.29) is 18.3 Å². The molecule has 1 N–H and O–H groups in total. The van der Waals surface area contributed by atoms with E-state index < -0.39 is 5.91 Å². The van der Waals surface area contributed by atoms with Gasteiger partial charge < -0.3 is 19.2 Å². The van der Waals surface area contributed by atoms with Gasteiger partial charge in [-0.2, -0.15) is 0 Å². The quantitative estimate of drug-likeness (QED) is 0.428. The smallest absolute Gasteiger partial charge is 0.341 e. The zero-order chi connectivity index (χ0) is 22.5. The number of fused-ring (bicyclic) bond motifs is 1. The van der Waals surface area contributed by atoms with E-state index >= 15 is 0 Å². The second-order valence-corrected chi connectivity index (χ2v) is 8.98. The third kappa shape index (κ3) is 5.05. The predicted octanol–water partition coefficient (Wildman–Crippen LogP) is 5.93. The molecule has 1 aliphatic rings. The molecule has 1 aliphatic carbocycles. The van der Waals surface area contributed by atoms with E-state index in [0.717, 1.165) is 53.9 Å². The Morgan fingerprint density at radius 2 is 2.00 bits per heavy atom. The van der Waals surface area contributed by atoms with Crippen molar-refractivity contribution in [1.82, 2.24) is 0 Å². The molecule has 3 aromatic rings. The summed E-state index contributed by atoms with van der Waals surface area (Å²) >= 11 is 1.46. The van der Waals surface area contributed by atoms with Crippen molar-refractivity contribution in [3.05, 3.63) is 69.5 Å². The van der Waals surface area contributed by atoms with E-state index in [9.17, 15) is 9.59 Å². The minimum Gasteiger partial charge on any atom is -0.486 e. The van der Waals surface area contributed by atoms with Crippen LogP contribution in [0.4, 0.5) is 5.00 Å². The largest absolute Gasteiger partial charge is 0.486 e. The van der Waals surface area contributed by atoms with E-state index in [1.54, 1.807) is 12.1 Å². The number of ether oxygens (including phenoxy) is 2. The number of hydrogen-bond donors (Lipinski definition) is 1. The van der Waals surface area contributed by atoms with E-state index in [2.05, 4.69) is 5.32 Å². The Balaban J connectivity index is 1.47. The summed E-state index contributed by atoms with van der Waals surface area (Å²) in [6, 6.07) is 11.1. The van der Waals surface area contributed by atoms with Gasteiger partial charge in [0.2, 0.25) is 0 Å². The van der Waals surface area contributed by atoms with E-state index in [4.69, 9.17) is 13.9 Å². The number of carbonyl (C=O) groups excluding carboxylic acids is 2. The second kappa shape index (κ2) is 10.0. The van der Waals surface area contributed by atoms with Gasteiger partial charge in [0, 0.05) is 4.88 Å². The Morgan fingerprint density at radius 3 is 2.81 bits per heavy atom. The number of hydrogen-bond acceptors (Lipinski definition) is 6. The fraction of sp³-hybridized carbons (Fsp3) is 0.360. The molecular weight excluding hydrogens is 426 g/mol. The molecule has 0 atom stereocenters. The van der Waals surface area contributed by atoms with Crippen LogP contribution < -0.4 is 10.1 Å². The van der Waals surface area contributed by atoms with Crippen molar-refractivity contribution < 1.29 is 23.5 Å². The van der Waals surface area contributed by atoms with Gasteiger partial charge in [-0.05, 0) is 74.4 Å². The molecule has 1 amide bonds. The Hall–Kier alpha value is -3.06. The summed E-state index contributed by atoms with van der Waals surface area (Å²) in [4.78, 5) is 26.7. The fourth-order valence-electron chi connectivity index (χ4n) is 3.74. The highest BCUT2D eigenvalue weighted by Gasteiger charge is 2.28. The first-order chi connectivity index (χ1) is 15.5. The lowest BCUT2D eigenvalue weighted by molar-refractivity contribution is 0.0505. The molecule has 168 valence electrons. The van der Waals surface area contributed by atoms with Gasteiger partial charge in [-0.15, -0.1) is 11.3 Å². The first-order valence-electron chi connectivity index (χ1n) is 11.0. The van der Waals surface area contributed by atoms with Crippen LogP contribution in [-0.4, -0.2) is 18.5 Å². The number of amides is 1. The normalized spacial score (nSPS) is 12.8. The Labute approximate surface area is 191 Å². The van der Waals surface area contributed by atoms with Crippen LogP contribution in [0.5, 0.6) is 5.75 Å². The van der Waals surface area contributed by atoms with Crippen LogP contribution in [0.25, 0.3) is 0 Å². The SMILES string of the molecule is CCCOC(=O)c1c(NC(=O)c2ccc(COc3cccc(C)c3)o2)sc2c1CCCC2. The number of aryl methyl sites for hydroxylation is 2. The number of benzene rings is 1. The van der Waals surface area contributed by atoms with Crippen LogP contribution in [-0.2, 0) is 24.2 Å². The number of esters is 1. The fourth-order valence-corrected chi connectivity index (χ4v) is 5.01. The lowest BCUT2D eigenvalue weighted by Gasteiger charge is -2.12. The van der Waals surface area contributed by atoms with Crippen LogP contribution >= 0.6 is 11.3 Å². The molecule has 6 nitrogen and oxygen atoms in total. The highest BCUT2D eigenvalue weighted by molar-refractivity contribution is 7.17. The van der Waals surface area contributed by atoms with Crippen molar-refractivity contribution in [3.8, 4) is 5.75 Å². The third-order valence-electron chi connectivity index (χ3n) is 5.30. The number of furan rings is 1. The molecule has 0 saturated carbocycles. The molecule has 0 aliphatic heterocycles. The van der Waals surface area contributed by atoms with Crippen LogP contribution in [0.2, 0.25) is 0 Å². The van der Waals surface area contributed by atoms with Gasteiger partial charge in [0.15, 0.2) is 5.76 Å². The van der Waals surface area contributed by atoms with E-state index in [1.807, 2.05) is 38.1 Å². The van der Waals surface area contributed by atoms with Gasteiger partial charge in [-0.25, -0.2) is 4.79 Å². The molecule has 4 rings (SSSR count). The maximum absolute atomic E-state index is 12.9. The number of thiophene rings is 1. The molecule has 0 unspecified atom stereocenters. The Bertz CT molecular complexity index is 1110. The third-order valence-corrected chi connectivity index (χ3v) is 6.50. The number of anilines is 1. The standard InChI is InChI=1S/C25H27NO5S/c1-3-13-29-25(28)22-19-9-4-5-10-21(19)32-24(22)26-23(27)20-12-11-18(31-20)15-30-17-8-6-7-16(2)14-17/h6-8,11-12,14H,3-5,9-10,13,15H2,1-2H3,(H,26,27). The molecule has 0 bridgehead atoms. The van der Waals surface area contributed by atoms with Crippen molar-refractivity contribution in [1.29, 1.82) is 0 Å². The summed E-state index contributed by atoms with van der Waals surface area (Å²) in [5.41, 5.74) is 2.62. The number of nitrogens with one attached hydrogen (secondary N) is 1. The van der Waals surface area contributed by atoms with Crippen LogP contribution in [0, 0.1) is 6.92 Å². The highest BCUT2D eigenvalue weighted by atomic mass is 32.1. The second-order valence-electron chi connectivity index (χ2n) is 7.88. The molecule has 0 fully saturated rings. The van der Waals surface area contributed by atoms with Crippen molar-refractivity contribution in [2.45, 2.75) is 52.6 Å². The predicted molar refractivity (Wildman–Crippen MR) is 124 cm³/mol. The zero-order valence-corrected chi connectivity index (χ0v) is 19.2. The van der Waals surface area contributed by atoms with Crippen LogP contribution in [0.15, 0.2) is 40.8 Å². The van der Waals surface area contributed by atoms with Crippen molar-refractivity contribution >= 4 is 28.2 Å². The molecule has 32 heavy (non-hydrogen) atoms. The molecule has 0 spiro atoms. The summed E-state index contributed by atoms with van der Waals surface area (Å²) in [6.07, 6.45) is 4.63. The first kappa shape index (κ1) is 22.1.